The molecule has 0 radical (unpaired) electrons. The molecule has 90 heavy (non-hydrogen) atoms. The molecule has 0 aliphatic rings. The van der Waals surface area contributed by atoms with Crippen molar-refractivity contribution in [3.8, 4) is 0 Å². The molecule has 0 amide bonds. The van der Waals surface area contributed by atoms with E-state index in [1.165, 1.54) is 0 Å². The molecule has 0 N–H and O–H groups in total. The summed E-state index contributed by atoms with van der Waals surface area (Å²) in [5.74, 6) is 0. The van der Waals surface area contributed by atoms with Gasteiger partial charge in [0.15, 0.2) is 0 Å². The summed E-state index contributed by atoms with van der Waals surface area (Å²) in [5.41, 5.74) is -20.1. The summed E-state index contributed by atoms with van der Waals surface area (Å²) in [6.07, 6.45) is -59.4. The fourth-order valence-electron chi connectivity index (χ4n) is 3.97. The van der Waals surface area contributed by atoms with E-state index in [4.69, 9.17) is 0 Å². The zero-order valence-corrected chi connectivity index (χ0v) is 53.2. The monoisotopic (exact) mass is 2060 g/mol. The second kappa shape index (κ2) is 35.3. The fourth-order valence-corrected chi connectivity index (χ4v) is 7.62. The first-order valence-corrected chi connectivity index (χ1v) is 22.6. The number of aromatic nitrogens is 12. The Labute approximate surface area is 581 Å². The van der Waals surface area contributed by atoms with Crippen molar-refractivity contribution in [3.05, 3.63) is 95.2 Å². The Kier molecular flexibility index (Phi) is 39.1. The molecule has 0 saturated heterocycles. The number of halogens is 42. The summed E-state index contributed by atoms with van der Waals surface area (Å²) in [7, 11) is 0. The molecule has 0 bridgehead atoms. The first-order valence-electron chi connectivity index (χ1n) is 17.8. The van der Waals surface area contributed by atoms with Gasteiger partial charge in [0.25, 0.3) is 0 Å². The maximum absolute atomic E-state index is 12.0. The van der Waals surface area contributed by atoms with Gasteiger partial charge in [-0.25, -0.2) is 0 Å². The minimum Gasteiger partial charge on any atom is -0.570 e. The molecule has 0 aromatic carbocycles. The van der Waals surface area contributed by atoms with E-state index in [0.29, 0.717) is 0 Å². The van der Waals surface area contributed by atoms with Gasteiger partial charge >= 0.3 is 177 Å². The number of alkyl halides is 36. The number of hydrogen-bond donors (Lipinski definition) is 0. The molecule has 6 aromatic rings. The Morgan fingerprint density at radius 1 is 0.167 bits per heavy atom. The van der Waals surface area contributed by atoms with E-state index in [2.05, 4.69) is 157 Å². The number of nitrogens with zero attached hydrogens (tertiary/aromatic N) is 12. The molecule has 540 valence electrons. The van der Waals surface area contributed by atoms with Crippen LogP contribution in [0.1, 0.15) is 68.3 Å². The van der Waals surface area contributed by atoms with Gasteiger partial charge < -0.3 is 61.2 Å². The van der Waals surface area contributed by atoms with Gasteiger partial charge in [0.1, 0.15) is 34.2 Å². The molecule has 6 heterocycles. The normalized spacial score (nSPS) is 12.5. The standard InChI is InChI=1S/6C5BrF6N2.6Cu/c6*6-1-2(4(7,8)9)13-14-3(1)5(10,11)12;;;;;;/q6*-1;6*+1. The van der Waals surface area contributed by atoms with E-state index in [-0.39, 0.29) is 102 Å². The minimum atomic E-state index is -4.95. The Hall–Kier alpha value is -1.26. The predicted molar refractivity (Wildman–Crippen MR) is 212 cm³/mol. The number of rotatable bonds is 0. The fraction of sp³-hybridized carbons (Fsp3) is 0.400. The molecule has 0 saturated carbocycles. The van der Waals surface area contributed by atoms with Crippen LogP contribution in [-0.4, -0.2) is 30.6 Å². The van der Waals surface area contributed by atoms with Crippen LogP contribution in [0.15, 0.2) is 26.8 Å². The van der Waals surface area contributed by atoms with Gasteiger partial charge in [0.2, 0.25) is 0 Å². The molecule has 0 atom stereocenters. The average molecular weight is 2070 g/mol. The largest absolute Gasteiger partial charge is 1.00 e. The van der Waals surface area contributed by atoms with Crippen LogP contribution in [0, 0.1) is 0 Å². The van der Waals surface area contributed by atoms with Crippen LogP contribution in [0.2, 0.25) is 0 Å². The molecular formula is C30Br6Cu6F36N12. The Morgan fingerprint density at radius 3 is 0.278 bits per heavy atom. The Morgan fingerprint density at radius 2 is 0.244 bits per heavy atom. The van der Waals surface area contributed by atoms with E-state index in [9.17, 15) is 158 Å². The Bertz CT molecular complexity index is 2390. The van der Waals surface area contributed by atoms with Gasteiger partial charge in [-0.15, -0.1) is 0 Å². The van der Waals surface area contributed by atoms with Gasteiger partial charge in [0, 0.05) is 26.8 Å². The summed E-state index contributed by atoms with van der Waals surface area (Å²) >= 11 is 12.9. The molecule has 0 unspecified atom stereocenters. The molecule has 6 aromatic heterocycles. The van der Waals surface area contributed by atoms with Gasteiger partial charge in [-0.05, 0) is 130 Å². The van der Waals surface area contributed by atoms with E-state index in [1.807, 2.05) is 0 Å². The third-order valence-electron chi connectivity index (χ3n) is 7.22. The summed E-state index contributed by atoms with van der Waals surface area (Å²) in [5, 5.41) is 28.9. The van der Waals surface area contributed by atoms with Gasteiger partial charge in [0.05, 0.1) is 0 Å². The molecule has 12 nitrogen and oxygen atoms in total. The SMILES string of the molecule is FC(F)(F)c1n[n-]c(C(F)(F)F)c1Br.FC(F)(F)c1n[n-]c(C(F)(F)F)c1Br.FC(F)(F)c1n[n-]c(C(F)(F)F)c1Br.FC(F)(F)c1n[n-]c(C(F)(F)F)c1Br.FC(F)(F)c1n[n-]c(C(F)(F)F)c1Br.FC(F)(F)c1n[n-]c(C(F)(F)F)c1Br.[Cu+].[Cu+].[Cu+].[Cu+].[Cu+].[Cu+]. The third kappa shape index (κ3) is 28.8. The maximum atomic E-state index is 12.0. The first-order chi connectivity index (χ1) is 36.8. The van der Waals surface area contributed by atoms with Crippen molar-refractivity contribution >= 4 is 95.6 Å². The van der Waals surface area contributed by atoms with Crippen LogP contribution in [-0.2, 0) is 177 Å². The average Bonchev–Trinajstić information content (AvgIpc) is 4.08. The summed E-state index contributed by atoms with van der Waals surface area (Å²) in [6, 6.07) is 0. The van der Waals surface area contributed by atoms with Crippen molar-refractivity contribution in [2.24, 2.45) is 0 Å². The molecule has 0 fully saturated rings. The van der Waals surface area contributed by atoms with E-state index in [0.717, 1.165) is 0 Å². The quantitative estimate of drug-likeness (QED) is 0.105. The minimum absolute atomic E-state index is 0. The maximum Gasteiger partial charge on any atom is 1.00 e. The van der Waals surface area contributed by atoms with Crippen LogP contribution in [0.5, 0.6) is 0 Å². The van der Waals surface area contributed by atoms with Crippen LogP contribution in [0.25, 0.3) is 0 Å². The first kappa shape index (κ1) is 99.8. The van der Waals surface area contributed by atoms with Crippen LogP contribution >= 0.6 is 95.6 Å². The topological polar surface area (TPSA) is 162 Å². The van der Waals surface area contributed by atoms with Crippen molar-refractivity contribution in [2.75, 3.05) is 0 Å². The zero-order chi connectivity index (χ0) is 66.9. The van der Waals surface area contributed by atoms with Crippen molar-refractivity contribution < 1.29 is 260 Å². The van der Waals surface area contributed by atoms with Crippen molar-refractivity contribution in [2.45, 2.75) is 74.1 Å². The summed E-state index contributed by atoms with van der Waals surface area (Å²) in [4.78, 5) is 0. The molecular weight excluding hydrogens is 2070 g/mol. The second-order valence-corrected chi connectivity index (χ2v) is 18.0. The smallest absolute Gasteiger partial charge is 0.570 e. The van der Waals surface area contributed by atoms with Crippen molar-refractivity contribution in [1.82, 2.24) is 61.2 Å². The summed E-state index contributed by atoms with van der Waals surface area (Å²) in [6.45, 7) is 0. The van der Waals surface area contributed by atoms with E-state index < -0.39 is 169 Å². The van der Waals surface area contributed by atoms with Crippen molar-refractivity contribution in [3.63, 3.8) is 0 Å². The van der Waals surface area contributed by atoms with Crippen molar-refractivity contribution in [1.29, 1.82) is 0 Å². The molecule has 6 rings (SSSR count). The third-order valence-corrected chi connectivity index (χ3v) is 11.7. The van der Waals surface area contributed by atoms with E-state index >= 15 is 0 Å². The number of hydrogen-bond acceptors (Lipinski definition) is 6. The summed E-state index contributed by atoms with van der Waals surface area (Å²) < 4.78 is 423. The van der Waals surface area contributed by atoms with Gasteiger partial charge in [-0.2, -0.15) is 158 Å². The van der Waals surface area contributed by atoms with E-state index in [1.54, 1.807) is 0 Å². The van der Waals surface area contributed by atoms with Crippen LogP contribution in [0.4, 0.5) is 158 Å². The molecule has 0 spiro atoms. The second-order valence-electron chi connectivity index (χ2n) is 13.2. The Balaban J connectivity index is -0.000000232. The van der Waals surface area contributed by atoms with Gasteiger partial charge in [-0.3, -0.25) is 0 Å². The predicted octanol–water partition coefficient (Wildman–Crippen LogP) is 17.0. The zero-order valence-electron chi connectivity index (χ0n) is 38.1. The molecule has 60 heteroatoms. The van der Waals surface area contributed by atoms with Gasteiger partial charge in [-0.1, -0.05) is 0 Å². The van der Waals surface area contributed by atoms with Crippen LogP contribution in [0.3, 0.4) is 0 Å². The van der Waals surface area contributed by atoms with Crippen LogP contribution < -0.4 is 30.6 Å². The molecule has 0 aliphatic carbocycles. The molecule has 0 aliphatic heterocycles.